The molecule has 10 heteroatoms. The number of carbonyl (C=O) groups is 1. The molecule has 32 heavy (non-hydrogen) atoms. The summed E-state index contributed by atoms with van der Waals surface area (Å²) in [6.45, 7) is 4.26. The van der Waals surface area contributed by atoms with E-state index >= 15 is 0 Å². The molecule has 0 amide bonds. The first-order chi connectivity index (χ1) is 15.2. The molecule has 166 valence electrons. The van der Waals surface area contributed by atoms with E-state index in [-0.39, 0.29) is 28.8 Å². The van der Waals surface area contributed by atoms with Gasteiger partial charge in [-0.3, -0.25) is 4.57 Å². The van der Waals surface area contributed by atoms with Crippen LogP contribution in [-0.2, 0) is 14.8 Å². The van der Waals surface area contributed by atoms with Crippen molar-refractivity contribution in [2.24, 2.45) is 11.1 Å². The molecule has 1 atom stereocenters. The van der Waals surface area contributed by atoms with Gasteiger partial charge in [-0.15, -0.1) is 0 Å². The van der Waals surface area contributed by atoms with Crippen molar-refractivity contribution in [1.82, 2.24) is 14.5 Å². The Morgan fingerprint density at radius 2 is 1.72 bits per heavy atom. The van der Waals surface area contributed by atoms with E-state index in [1.807, 2.05) is 26.0 Å². The maximum absolute atomic E-state index is 13.0. The lowest BCUT2D eigenvalue weighted by Crippen LogP contribution is -2.14. The minimum absolute atomic E-state index is 0.0407. The molecule has 0 fully saturated rings. The predicted molar refractivity (Wildman–Crippen MR) is 122 cm³/mol. The van der Waals surface area contributed by atoms with Crippen LogP contribution in [0.25, 0.3) is 27.9 Å². The fourth-order valence-electron chi connectivity index (χ4n) is 3.32. The lowest BCUT2D eigenvalue weighted by atomic mass is 10.1. The Balaban J connectivity index is 1.93. The summed E-state index contributed by atoms with van der Waals surface area (Å²) in [5, 5.41) is 5.20. The minimum Gasteiger partial charge on any atom is -0.462 e. The maximum Gasteiger partial charge on any atom is 0.344 e. The van der Waals surface area contributed by atoms with Gasteiger partial charge < -0.3 is 10.5 Å². The van der Waals surface area contributed by atoms with Crippen molar-refractivity contribution in [3.8, 4) is 5.69 Å². The molecule has 0 radical (unpaired) electrons. The number of aromatic nitrogens is 3. The number of para-hydroxylation sites is 2. The fraction of sp³-hybridized carbons (Fsp3) is 0.227. The predicted octanol–water partition coefficient (Wildman–Crippen LogP) is 3.01. The highest BCUT2D eigenvalue weighted by molar-refractivity contribution is 7.89. The molecule has 0 aliphatic carbocycles. The molecule has 2 aromatic carbocycles. The number of fused-ring (bicyclic) bond motifs is 2. The van der Waals surface area contributed by atoms with Gasteiger partial charge in [0.15, 0.2) is 5.65 Å². The van der Waals surface area contributed by atoms with Crippen LogP contribution in [-0.4, -0.2) is 35.5 Å². The molecular formula is C22H23N5O4S. The third-order valence-corrected chi connectivity index (χ3v) is 6.25. The minimum atomic E-state index is -3.85. The lowest BCUT2D eigenvalue weighted by molar-refractivity contribution is 0.0450. The van der Waals surface area contributed by atoms with Crippen molar-refractivity contribution < 1.29 is 17.9 Å². The number of sulfonamides is 1. The number of nitrogens with two attached hydrogens (primary N) is 2. The molecule has 4 aromatic rings. The Hall–Kier alpha value is -3.50. The van der Waals surface area contributed by atoms with Crippen LogP contribution in [0.5, 0.6) is 0 Å². The molecule has 0 aliphatic heterocycles. The summed E-state index contributed by atoms with van der Waals surface area (Å²) >= 11 is 0. The Bertz CT molecular complexity index is 1430. The van der Waals surface area contributed by atoms with E-state index in [0.717, 1.165) is 6.42 Å². The molecule has 0 saturated carbocycles. The number of primary sulfonamides is 1. The van der Waals surface area contributed by atoms with Gasteiger partial charge in [-0.2, -0.15) is 0 Å². The van der Waals surface area contributed by atoms with Gasteiger partial charge in [0.05, 0.1) is 22.5 Å². The van der Waals surface area contributed by atoms with Gasteiger partial charge in [0, 0.05) is 5.69 Å². The van der Waals surface area contributed by atoms with Crippen LogP contribution in [0.1, 0.15) is 30.6 Å². The van der Waals surface area contributed by atoms with E-state index < -0.39 is 16.0 Å². The molecule has 2 heterocycles. The molecule has 2 aromatic heterocycles. The number of ether oxygens (including phenoxy) is 1. The number of anilines is 1. The monoisotopic (exact) mass is 453 g/mol. The summed E-state index contributed by atoms with van der Waals surface area (Å²) in [6.07, 6.45) is 0.866. The number of esters is 1. The molecule has 4 N–H and O–H groups in total. The summed E-state index contributed by atoms with van der Waals surface area (Å²) in [5.41, 5.74) is 8.95. The average molecular weight is 454 g/mol. The van der Waals surface area contributed by atoms with Crippen LogP contribution in [0.2, 0.25) is 0 Å². The van der Waals surface area contributed by atoms with Crippen LogP contribution in [0.3, 0.4) is 0 Å². The molecular weight excluding hydrogens is 430 g/mol. The van der Waals surface area contributed by atoms with Crippen molar-refractivity contribution in [1.29, 1.82) is 0 Å². The summed E-state index contributed by atoms with van der Waals surface area (Å²) < 4.78 is 30.3. The van der Waals surface area contributed by atoms with Crippen molar-refractivity contribution in [2.45, 2.75) is 25.2 Å². The zero-order chi connectivity index (χ0) is 23.0. The Labute approximate surface area is 185 Å². The standard InChI is InChI=1S/C22H23N5O4S/c1-3-13(2)12-31-22(28)18-19-21(26-17-7-5-4-6-16(17)25-19)27(20(18)23)14-8-10-15(11-9-14)32(24,29)30/h4-11,13H,3,12,23H2,1-2H3,(H2,24,29,30). The van der Waals surface area contributed by atoms with Gasteiger partial charge in [0.1, 0.15) is 16.9 Å². The summed E-state index contributed by atoms with van der Waals surface area (Å²) in [5.74, 6) is -0.281. The second kappa shape index (κ2) is 8.21. The third kappa shape index (κ3) is 3.90. The van der Waals surface area contributed by atoms with E-state index in [1.165, 1.54) is 12.1 Å². The molecule has 1 unspecified atom stereocenters. The zero-order valence-corrected chi connectivity index (χ0v) is 18.5. The Kier molecular flexibility index (Phi) is 5.57. The van der Waals surface area contributed by atoms with Crippen molar-refractivity contribution in [2.75, 3.05) is 12.3 Å². The highest BCUT2D eigenvalue weighted by atomic mass is 32.2. The van der Waals surface area contributed by atoms with Crippen LogP contribution >= 0.6 is 0 Å². The van der Waals surface area contributed by atoms with E-state index in [0.29, 0.717) is 27.9 Å². The van der Waals surface area contributed by atoms with Crippen molar-refractivity contribution in [3.63, 3.8) is 0 Å². The maximum atomic E-state index is 13.0. The number of hydrogen-bond acceptors (Lipinski definition) is 7. The first-order valence-electron chi connectivity index (χ1n) is 10.1. The number of rotatable bonds is 6. The van der Waals surface area contributed by atoms with E-state index in [1.54, 1.807) is 28.8 Å². The van der Waals surface area contributed by atoms with Crippen LogP contribution in [0.15, 0.2) is 53.4 Å². The average Bonchev–Trinajstić information content (AvgIpc) is 3.05. The summed E-state index contributed by atoms with van der Waals surface area (Å²) in [7, 11) is -3.85. The summed E-state index contributed by atoms with van der Waals surface area (Å²) in [6, 6.07) is 13.1. The molecule has 0 bridgehead atoms. The van der Waals surface area contributed by atoms with E-state index in [2.05, 4.69) is 9.97 Å². The first kappa shape index (κ1) is 21.7. The fourth-order valence-corrected chi connectivity index (χ4v) is 3.83. The van der Waals surface area contributed by atoms with Gasteiger partial charge in [0.2, 0.25) is 10.0 Å². The number of hydrogen-bond donors (Lipinski definition) is 2. The van der Waals surface area contributed by atoms with Gasteiger partial charge in [-0.05, 0) is 42.3 Å². The highest BCUT2D eigenvalue weighted by Crippen LogP contribution is 2.32. The smallest absolute Gasteiger partial charge is 0.344 e. The Morgan fingerprint density at radius 3 is 2.31 bits per heavy atom. The number of nitrogens with zero attached hydrogens (tertiary/aromatic N) is 3. The van der Waals surface area contributed by atoms with Gasteiger partial charge in [-0.25, -0.2) is 28.3 Å². The van der Waals surface area contributed by atoms with Crippen molar-refractivity contribution in [3.05, 3.63) is 54.1 Å². The van der Waals surface area contributed by atoms with Gasteiger partial charge in [0.25, 0.3) is 0 Å². The van der Waals surface area contributed by atoms with Crippen LogP contribution in [0, 0.1) is 5.92 Å². The van der Waals surface area contributed by atoms with E-state index in [9.17, 15) is 13.2 Å². The molecule has 0 saturated heterocycles. The topological polar surface area (TPSA) is 143 Å². The molecule has 0 spiro atoms. The second-order valence-electron chi connectivity index (χ2n) is 7.63. The molecule has 0 aliphatic rings. The number of nitrogen functional groups attached to an aromatic ring is 1. The second-order valence-corrected chi connectivity index (χ2v) is 9.19. The zero-order valence-electron chi connectivity index (χ0n) is 17.6. The normalized spacial score (nSPS) is 12.8. The highest BCUT2D eigenvalue weighted by Gasteiger charge is 2.26. The van der Waals surface area contributed by atoms with Crippen LogP contribution in [0.4, 0.5) is 5.82 Å². The molecule has 4 rings (SSSR count). The quantitative estimate of drug-likeness (QED) is 0.427. The number of benzene rings is 2. The summed E-state index contributed by atoms with van der Waals surface area (Å²) in [4.78, 5) is 22.2. The largest absolute Gasteiger partial charge is 0.462 e. The molecule has 9 nitrogen and oxygen atoms in total. The van der Waals surface area contributed by atoms with Gasteiger partial charge >= 0.3 is 5.97 Å². The van der Waals surface area contributed by atoms with E-state index in [4.69, 9.17) is 15.6 Å². The lowest BCUT2D eigenvalue weighted by Gasteiger charge is -2.10. The van der Waals surface area contributed by atoms with Crippen molar-refractivity contribution >= 4 is 44.0 Å². The van der Waals surface area contributed by atoms with Crippen LogP contribution < -0.4 is 10.9 Å². The third-order valence-electron chi connectivity index (χ3n) is 5.32. The van der Waals surface area contributed by atoms with Gasteiger partial charge in [-0.1, -0.05) is 32.4 Å². The Morgan fingerprint density at radius 1 is 1.09 bits per heavy atom. The first-order valence-corrected chi connectivity index (χ1v) is 11.6. The SMILES string of the molecule is CCC(C)COC(=O)c1c(N)n(-c2ccc(S(N)(=O)=O)cc2)c2nc3ccccc3nc12. The number of carbonyl (C=O) groups excluding carboxylic acids is 1.